The molecule has 46 valence electrons. The number of halogens is 1. The Morgan fingerprint density at radius 1 is 1.33 bits per heavy atom. The van der Waals surface area contributed by atoms with Gasteiger partial charge in [0.2, 0.25) is 0 Å². The molecule has 1 aromatic rings. The van der Waals surface area contributed by atoms with Crippen LogP contribution in [0.5, 0.6) is 0 Å². The number of rotatable bonds is 1. The molecule has 0 spiro atoms. The molecule has 1 nitrogen and oxygen atoms in total. The van der Waals surface area contributed by atoms with E-state index in [-0.39, 0.29) is 0 Å². The Labute approximate surface area is 59.0 Å². The number of aromatic nitrogens is 1. The maximum Gasteiger partial charge on any atom is 0.0273 e. The first kappa shape index (κ1) is 6.30. The summed E-state index contributed by atoms with van der Waals surface area (Å²) in [7, 11) is 0. The number of hydrogen-bond donors (Lipinski definition) is 0. The molecule has 0 saturated carbocycles. The van der Waals surface area contributed by atoms with Crippen molar-refractivity contribution in [1.29, 1.82) is 0 Å². The van der Waals surface area contributed by atoms with Gasteiger partial charge in [-0.05, 0) is 23.8 Å². The second-order valence-corrected chi connectivity index (χ2v) is 1.83. The lowest BCUT2D eigenvalue weighted by Crippen LogP contribution is -1.70. The molecule has 0 N–H and O–H groups in total. The Kier molecular flexibility index (Phi) is 2.28. The molecule has 0 saturated heterocycles. The van der Waals surface area contributed by atoms with E-state index in [1.54, 1.807) is 12.4 Å². The van der Waals surface area contributed by atoms with Gasteiger partial charge in [0.15, 0.2) is 0 Å². The van der Waals surface area contributed by atoms with E-state index in [1.807, 2.05) is 18.2 Å². The van der Waals surface area contributed by atoms with E-state index < -0.39 is 0 Å². The molecule has 0 unspecified atom stereocenters. The topological polar surface area (TPSA) is 12.9 Å². The van der Waals surface area contributed by atoms with Gasteiger partial charge in [0.25, 0.3) is 0 Å². The van der Waals surface area contributed by atoms with Crippen LogP contribution in [-0.4, -0.2) is 4.98 Å². The zero-order chi connectivity index (χ0) is 6.53. The van der Waals surface area contributed by atoms with Crippen molar-refractivity contribution in [2.75, 3.05) is 0 Å². The van der Waals surface area contributed by atoms with Gasteiger partial charge in [-0.3, -0.25) is 4.98 Å². The van der Waals surface area contributed by atoms with Crippen LogP contribution in [0.15, 0.2) is 30.1 Å². The maximum atomic E-state index is 5.34. The van der Waals surface area contributed by atoms with Gasteiger partial charge in [-0.25, -0.2) is 0 Å². The van der Waals surface area contributed by atoms with Crippen LogP contribution in [-0.2, 0) is 0 Å². The van der Waals surface area contributed by atoms with E-state index in [9.17, 15) is 0 Å². The van der Waals surface area contributed by atoms with Crippen molar-refractivity contribution in [2.45, 2.75) is 0 Å². The SMILES string of the molecule is ClC=Cc1ccncc1. The van der Waals surface area contributed by atoms with E-state index in [2.05, 4.69) is 4.98 Å². The van der Waals surface area contributed by atoms with Crippen LogP contribution in [0, 0.1) is 0 Å². The Morgan fingerprint density at radius 3 is 2.56 bits per heavy atom. The third kappa shape index (κ3) is 1.86. The molecule has 0 amide bonds. The summed E-state index contributed by atoms with van der Waals surface area (Å²) in [4.78, 5) is 3.85. The van der Waals surface area contributed by atoms with Crippen LogP contribution in [0.3, 0.4) is 0 Å². The van der Waals surface area contributed by atoms with Crippen LogP contribution in [0.1, 0.15) is 5.56 Å². The van der Waals surface area contributed by atoms with Gasteiger partial charge in [-0.2, -0.15) is 0 Å². The number of nitrogens with zero attached hydrogens (tertiary/aromatic N) is 1. The molecule has 9 heavy (non-hydrogen) atoms. The number of hydrogen-bond acceptors (Lipinski definition) is 1. The van der Waals surface area contributed by atoms with Crippen molar-refractivity contribution in [3.05, 3.63) is 35.6 Å². The largest absolute Gasteiger partial charge is 0.265 e. The van der Waals surface area contributed by atoms with Crippen LogP contribution in [0.25, 0.3) is 6.08 Å². The summed E-state index contributed by atoms with van der Waals surface area (Å²) in [5.74, 6) is 0. The Hall–Kier alpha value is -0.820. The van der Waals surface area contributed by atoms with Crippen LogP contribution < -0.4 is 0 Å². The highest BCUT2D eigenvalue weighted by Crippen LogP contribution is 1.98. The minimum absolute atomic E-state index is 1.07. The fourth-order valence-electron chi connectivity index (χ4n) is 0.547. The molecule has 0 aliphatic carbocycles. The van der Waals surface area contributed by atoms with E-state index in [4.69, 9.17) is 11.6 Å². The van der Waals surface area contributed by atoms with Crippen molar-refractivity contribution in [2.24, 2.45) is 0 Å². The molecule has 0 aromatic carbocycles. The summed E-state index contributed by atoms with van der Waals surface area (Å²) in [5.41, 5.74) is 2.55. The van der Waals surface area contributed by atoms with Gasteiger partial charge < -0.3 is 0 Å². The first-order chi connectivity index (χ1) is 4.43. The first-order valence-electron chi connectivity index (χ1n) is 2.60. The Morgan fingerprint density at radius 2 is 2.00 bits per heavy atom. The molecule has 0 fully saturated rings. The molecule has 1 heterocycles. The molecule has 1 rings (SSSR count). The summed E-state index contributed by atoms with van der Waals surface area (Å²) < 4.78 is 0. The molecule has 2 heteroatoms. The second kappa shape index (κ2) is 3.25. The zero-order valence-electron chi connectivity index (χ0n) is 4.79. The molecule has 0 bridgehead atoms. The van der Waals surface area contributed by atoms with E-state index >= 15 is 0 Å². The summed E-state index contributed by atoms with van der Waals surface area (Å²) in [6.07, 6.45) is 5.27. The van der Waals surface area contributed by atoms with Gasteiger partial charge in [-0.1, -0.05) is 11.6 Å². The highest BCUT2D eigenvalue weighted by atomic mass is 35.5. The lowest BCUT2D eigenvalue weighted by molar-refractivity contribution is 1.32. The van der Waals surface area contributed by atoms with Crippen molar-refractivity contribution in [1.82, 2.24) is 4.98 Å². The molecule has 0 atom stereocenters. The zero-order valence-corrected chi connectivity index (χ0v) is 5.55. The van der Waals surface area contributed by atoms with Crippen molar-refractivity contribution in [3.63, 3.8) is 0 Å². The predicted octanol–water partition coefficient (Wildman–Crippen LogP) is 2.29. The molecular formula is C7H6ClN. The van der Waals surface area contributed by atoms with Crippen LogP contribution in [0.4, 0.5) is 0 Å². The fraction of sp³-hybridized carbons (Fsp3) is 0. The lowest BCUT2D eigenvalue weighted by atomic mass is 10.3. The number of pyridine rings is 1. The quantitative estimate of drug-likeness (QED) is 0.582. The minimum atomic E-state index is 1.07. The summed E-state index contributed by atoms with van der Waals surface area (Å²) in [5, 5.41) is 0. The van der Waals surface area contributed by atoms with Crippen LogP contribution >= 0.6 is 11.6 Å². The lowest BCUT2D eigenvalue weighted by Gasteiger charge is -1.85. The summed E-state index contributed by atoms with van der Waals surface area (Å²) >= 11 is 5.34. The van der Waals surface area contributed by atoms with E-state index in [1.165, 1.54) is 5.54 Å². The Balaban J connectivity index is 2.85. The normalized spacial score (nSPS) is 10.3. The summed E-state index contributed by atoms with van der Waals surface area (Å²) in [6, 6.07) is 3.78. The average molecular weight is 140 g/mol. The Bertz CT molecular complexity index is 193. The molecule has 0 aliphatic heterocycles. The van der Waals surface area contributed by atoms with E-state index in [0.717, 1.165) is 5.56 Å². The van der Waals surface area contributed by atoms with Gasteiger partial charge >= 0.3 is 0 Å². The highest BCUT2D eigenvalue weighted by molar-refractivity contribution is 6.27. The fourth-order valence-corrected chi connectivity index (χ4v) is 0.693. The van der Waals surface area contributed by atoms with Crippen molar-refractivity contribution in [3.8, 4) is 0 Å². The minimum Gasteiger partial charge on any atom is -0.265 e. The van der Waals surface area contributed by atoms with E-state index in [0.29, 0.717) is 0 Å². The molecule has 0 aliphatic rings. The van der Waals surface area contributed by atoms with Crippen molar-refractivity contribution < 1.29 is 0 Å². The molecular weight excluding hydrogens is 134 g/mol. The predicted molar refractivity (Wildman–Crippen MR) is 39.1 cm³/mol. The standard InChI is InChI=1S/C7H6ClN/c8-4-1-7-2-5-9-6-3-7/h1-6H. The second-order valence-electron chi connectivity index (χ2n) is 1.57. The van der Waals surface area contributed by atoms with Crippen LogP contribution in [0.2, 0.25) is 0 Å². The van der Waals surface area contributed by atoms with Gasteiger partial charge in [0, 0.05) is 17.9 Å². The summed E-state index contributed by atoms with van der Waals surface area (Å²) in [6.45, 7) is 0. The first-order valence-corrected chi connectivity index (χ1v) is 3.04. The monoisotopic (exact) mass is 139 g/mol. The molecule has 1 aromatic heterocycles. The van der Waals surface area contributed by atoms with Gasteiger partial charge in [0.05, 0.1) is 0 Å². The van der Waals surface area contributed by atoms with Crippen molar-refractivity contribution >= 4 is 17.7 Å². The third-order valence-electron chi connectivity index (χ3n) is 0.962. The average Bonchev–Trinajstić information content (AvgIpc) is 1.91. The van der Waals surface area contributed by atoms with Gasteiger partial charge in [0.1, 0.15) is 0 Å². The third-order valence-corrected chi connectivity index (χ3v) is 1.09. The highest BCUT2D eigenvalue weighted by Gasteiger charge is 1.79. The van der Waals surface area contributed by atoms with Gasteiger partial charge in [-0.15, -0.1) is 0 Å². The maximum absolute atomic E-state index is 5.34. The smallest absolute Gasteiger partial charge is 0.0273 e. The molecule has 0 radical (unpaired) electrons.